The molecule has 116 valence electrons. The van der Waals surface area contributed by atoms with Gasteiger partial charge in [0.05, 0.1) is 10.6 Å². The number of carbonyl (C=O) groups excluding carboxylic acids is 1. The standard InChI is InChI=1S/C17H10BrClO4/c1-9-6-16(20)23-15-8-11(3-4-12(9)15)22-17(21)13-7-10(18)2-5-14(13)19/h2-8H,1H3. The van der Waals surface area contributed by atoms with Crippen LogP contribution in [0.15, 0.2) is 56.1 Å². The van der Waals surface area contributed by atoms with Crippen molar-refractivity contribution in [1.29, 1.82) is 0 Å². The van der Waals surface area contributed by atoms with Crippen molar-refractivity contribution in [2.24, 2.45) is 0 Å². The molecule has 0 bridgehead atoms. The van der Waals surface area contributed by atoms with Gasteiger partial charge in [-0.05, 0) is 42.8 Å². The third-order valence-corrected chi connectivity index (χ3v) is 4.10. The van der Waals surface area contributed by atoms with Crippen LogP contribution < -0.4 is 10.4 Å². The van der Waals surface area contributed by atoms with E-state index >= 15 is 0 Å². The molecular formula is C17H10BrClO4. The predicted octanol–water partition coefficient (Wildman–Crippen LogP) is 4.74. The molecule has 0 aliphatic carbocycles. The molecule has 23 heavy (non-hydrogen) atoms. The molecule has 0 saturated carbocycles. The Hall–Kier alpha value is -2.11. The molecule has 0 atom stereocenters. The fourth-order valence-corrected chi connectivity index (χ4v) is 2.74. The number of fused-ring (bicyclic) bond motifs is 1. The number of aryl methyl sites for hydroxylation is 1. The van der Waals surface area contributed by atoms with E-state index in [1.165, 1.54) is 12.1 Å². The number of esters is 1. The van der Waals surface area contributed by atoms with Gasteiger partial charge in [-0.2, -0.15) is 0 Å². The SMILES string of the molecule is Cc1cc(=O)oc2cc(OC(=O)c3cc(Br)ccc3Cl)ccc12. The molecule has 0 radical (unpaired) electrons. The van der Waals surface area contributed by atoms with Crippen LogP contribution in [-0.4, -0.2) is 5.97 Å². The second-order valence-corrected chi connectivity index (χ2v) is 6.24. The summed E-state index contributed by atoms with van der Waals surface area (Å²) in [6, 6.07) is 11.2. The van der Waals surface area contributed by atoms with Gasteiger partial charge in [-0.15, -0.1) is 0 Å². The second kappa shape index (κ2) is 6.18. The summed E-state index contributed by atoms with van der Waals surface area (Å²) in [7, 11) is 0. The molecule has 1 aromatic heterocycles. The van der Waals surface area contributed by atoms with E-state index in [0.29, 0.717) is 15.1 Å². The van der Waals surface area contributed by atoms with Crippen molar-refractivity contribution >= 4 is 44.5 Å². The molecule has 0 unspecified atom stereocenters. The minimum Gasteiger partial charge on any atom is -0.423 e. The van der Waals surface area contributed by atoms with E-state index in [0.717, 1.165) is 10.9 Å². The number of carbonyl (C=O) groups is 1. The van der Waals surface area contributed by atoms with Gasteiger partial charge in [-0.1, -0.05) is 27.5 Å². The Morgan fingerprint density at radius 3 is 2.74 bits per heavy atom. The average Bonchev–Trinajstić information content (AvgIpc) is 2.49. The Bertz CT molecular complexity index is 978. The van der Waals surface area contributed by atoms with Crippen molar-refractivity contribution in [3.63, 3.8) is 0 Å². The van der Waals surface area contributed by atoms with Crippen LogP contribution >= 0.6 is 27.5 Å². The quantitative estimate of drug-likeness (QED) is 0.358. The summed E-state index contributed by atoms with van der Waals surface area (Å²) in [5, 5.41) is 1.08. The number of ether oxygens (including phenoxy) is 1. The van der Waals surface area contributed by atoms with Crippen LogP contribution in [0.25, 0.3) is 11.0 Å². The molecule has 6 heteroatoms. The van der Waals surface area contributed by atoms with E-state index in [9.17, 15) is 9.59 Å². The van der Waals surface area contributed by atoms with Gasteiger partial charge in [-0.25, -0.2) is 9.59 Å². The minimum atomic E-state index is -0.592. The lowest BCUT2D eigenvalue weighted by Gasteiger charge is -2.07. The van der Waals surface area contributed by atoms with Crippen LogP contribution in [0.4, 0.5) is 0 Å². The monoisotopic (exact) mass is 392 g/mol. The van der Waals surface area contributed by atoms with Gasteiger partial charge in [0.25, 0.3) is 0 Å². The van der Waals surface area contributed by atoms with Crippen molar-refractivity contribution < 1.29 is 13.9 Å². The van der Waals surface area contributed by atoms with Crippen molar-refractivity contribution in [2.75, 3.05) is 0 Å². The van der Waals surface area contributed by atoms with E-state index in [-0.39, 0.29) is 11.3 Å². The molecular weight excluding hydrogens is 384 g/mol. The molecule has 0 aliphatic rings. The maximum absolute atomic E-state index is 12.2. The Kier molecular flexibility index (Phi) is 4.24. The predicted molar refractivity (Wildman–Crippen MR) is 91.3 cm³/mol. The summed E-state index contributed by atoms with van der Waals surface area (Å²) in [6.45, 7) is 1.81. The number of hydrogen-bond acceptors (Lipinski definition) is 4. The fourth-order valence-electron chi connectivity index (χ4n) is 2.18. The van der Waals surface area contributed by atoms with Gasteiger partial charge in [0.2, 0.25) is 0 Å². The number of halogens is 2. The Morgan fingerprint density at radius 2 is 1.96 bits per heavy atom. The Labute approximate surface area is 144 Å². The van der Waals surface area contributed by atoms with Crippen molar-refractivity contribution in [2.45, 2.75) is 6.92 Å². The van der Waals surface area contributed by atoms with Crippen LogP contribution in [0, 0.1) is 6.92 Å². The molecule has 2 aromatic carbocycles. The van der Waals surface area contributed by atoms with Gasteiger partial charge in [0, 0.05) is 22.0 Å². The van der Waals surface area contributed by atoms with E-state index in [1.54, 1.807) is 30.3 Å². The molecule has 1 heterocycles. The number of hydrogen-bond donors (Lipinski definition) is 0. The lowest BCUT2D eigenvalue weighted by Crippen LogP contribution is -2.09. The Morgan fingerprint density at radius 1 is 1.17 bits per heavy atom. The molecule has 0 amide bonds. The Balaban J connectivity index is 1.96. The largest absolute Gasteiger partial charge is 0.423 e. The summed E-state index contributed by atoms with van der Waals surface area (Å²) in [5.41, 5.74) is 0.949. The second-order valence-electron chi connectivity index (χ2n) is 4.92. The summed E-state index contributed by atoms with van der Waals surface area (Å²) in [6.07, 6.45) is 0. The van der Waals surface area contributed by atoms with Gasteiger partial charge < -0.3 is 9.15 Å². The average molecular weight is 394 g/mol. The highest BCUT2D eigenvalue weighted by molar-refractivity contribution is 9.10. The highest BCUT2D eigenvalue weighted by atomic mass is 79.9. The van der Waals surface area contributed by atoms with Crippen molar-refractivity contribution in [3.05, 3.63) is 73.5 Å². The van der Waals surface area contributed by atoms with Crippen LogP contribution in [0.2, 0.25) is 5.02 Å². The topological polar surface area (TPSA) is 56.5 Å². The van der Waals surface area contributed by atoms with E-state index in [2.05, 4.69) is 15.9 Å². The molecule has 3 aromatic rings. The third-order valence-electron chi connectivity index (χ3n) is 3.28. The molecule has 0 spiro atoms. The van der Waals surface area contributed by atoms with Crippen molar-refractivity contribution in [1.82, 2.24) is 0 Å². The zero-order valence-corrected chi connectivity index (χ0v) is 14.3. The first-order chi connectivity index (χ1) is 10.9. The number of rotatable bonds is 2. The van der Waals surface area contributed by atoms with Gasteiger partial charge in [0.15, 0.2) is 0 Å². The normalized spacial score (nSPS) is 10.7. The first-order valence-electron chi connectivity index (χ1n) is 6.66. The molecule has 0 fully saturated rings. The summed E-state index contributed by atoms with van der Waals surface area (Å²) in [4.78, 5) is 23.7. The summed E-state index contributed by atoms with van der Waals surface area (Å²) >= 11 is 9.29. The summed E-state index contributed by atoms with van der Waals surface area (Å²) < 4.78 is 11.2. The van der Waals surface area contributed by atoms with Crippen molar-refractivity contribution in [3.8, 4) is 5.75 Å². The maximum Gasteiger partial charge on any atom is 0.345 e. The van der Waals surface area contributed by atoms with E-state index in [1.807, 2.05) is 6.92 Å². The highest BCUT2D eigenvalue weighted by Crippen LogP contribution is 2.25. The first-order valence-corrected chi connectivity index (χ1v) is 7.83. The van der Waals surface area contributed by atoms with Crippen LogP contribution in [0.5, 0.6) is 5.75 Å². The zero-order valence-electron chi connectivity index (χ0n) is 11.9. The lowest BCUT2D eigenvalue weighted by atomic mass is 10.1. The van der Waals surface area contributed by atoms with Gasteiger partial charge in [0.1, 0.15) is 11.3 Å². The fraction of sp³-hybridized carbons (Fsp3) is 0.0588. The van der Waals surface area contributed by atoms with Crippen LogP contribution in [-0.2, 0) is 0 Å². The molecule has 0 N–H and O–H groups in total. The van der Waals surface area contributed by atoms with E-state index in [4.69, 9.17) is 20.8 Å². The third kappa shape index (κ3) is 3.30. The molecule has 3 rings (SSSR count). The lowest BCUT2D eigenvalue weighted by molar-refractivity contribution is 0.0735. The van der Waals surface area contributed by atoms with Crippen LogP contribution in [0.1, 0.15) is 15.9 Å². The van der Waals surface area contributed by atoms with E-state index < -0.39 is 11.6 Å². The molecule has 0 saturated heterocycles. The first kappa shape index (κ1) is 15.8. The summed E-state index contributed by atoms with van der Waals surface area (Å²) in [5.74, 6) is -0.321. The zero-order chi connectivity index (χ0) is 16.6. The number of benzene rings is 2. The van der Waals surface area contributed by atoms with Gasteiger partial charge >= 0.3 is 11.6 Å². The molecule has 4 nitrogen and oxygen atoms in total. The highest BCUT2D eigenvalue weighted by Gasteiger charge is 2.14. The molecule has 0 aliphatic heterocycles. The maximum atomic E-state index is 12.2. The minimum absolute atomic E-state index is 0.242. The smallest absolute Gasteiger partial charge is 0.345 e. The van der Waals surface area contributed by atoms with Crippen LogP contribution in [0.3, 0.4) is 0 Å². The van der Waals surface area contributed by atoms with Gasteiger partial charge in [-0.3, -0.25) is 0 Å².